The van der Waals surface area contributed by atoms with Crippen molar-refractivity contribution in [3.63, 3.8) is 0 Å². The summed E-state index contributed by atoms with van der Waals surface area (Å²) in [5, 5.41) is 0. The molecule has 1 aromatic rings. The van der Waals surface area contributed by atoms with E-state index in [4.69, 9.17) is 5.73 Å². The fraction of sp³-hybridized carbons (Fsp3) is 0.562. The van der Waals surface area contributed by atoms with Crippen LogP contribution in [0.25, 0.3) is 0 Å². The summed E-state index contributed by atoms with van der Waals surface area (Å²) in [5.41, 5.74) is 8.44. The third kappa shape index (κ3) is 4.30. The number of alkyl halides is 3. The lowest BCUT2D eigenvalue weighted by Gasteiger charge is -2.35. The summed E-state index contributed by atoms with van der Waals surface area (Å²) in [4.78, 5) is 15.1. The molecule has 0 bridgehead atoms. The second-order valence-corrected chi connectivity index (χ2v) is 6.10. The van der Waals surface area contributed by atoms with Gasteiger partial charge in [-0.1, -0.05) is 6.07 Å². The average molecular weight is 329 g/mol. The summed E-state index contributed by atoms with van der Waals surface area (Å²) >= 11 is 0. The molecule has 0 aliphatic carbocycles. The van der Waals surface area contributed by atoms with Crippen molar-refractivity contribution in [2.45, 2.75) is 38.9 Å². The lowest BCUT2D eigenvalue weighted by molar-refractivity contribution is -0.163. The highest BCUT2D eigenvalue weighted by Crippen LogP contribution is 2.31. The number of carbonyl (C=O) groups excluding carboxylic acids is 1. The van der Waals surface area contributed by atoms with Crippen molar-refractivity contribution in [2.75, 3.05) is 30.3 Å². The number of amides is 1. The number of fused-ring (bicyclic) bond motifs is 1. The second-order valence-electron chi connectivity index (χ2n) is 6.10. The maximum Gasteiger partial charge on any atom is 0.406 e. The summed E-state index contributed by atoms with van der Waals surface area (Å²) < 4.78 is 38.0. The molecule has 128 valence electrons. The van der Waals surface area contributed by atoms with Gasteiger partial charge < -0.3 is 15.5 Å². The molecule has 0 fully saturated rings. The Morgan fingerprint density at radius 3 is 2.70 bits per heavy atom. The SMILES string of the molecule is CC(C)N(CC(F)(F)F)C(=O)CN1CCCc2c(N)cccc21. The van der Waals surface area contributed by atoms with Crippen LogP contribution in [0.1, 0.15) is 25.8 Å². The molecule has 2 rings (SSSR count). The van der Waals surface area contributed by atoms with Crippen LogP contribution in [-0.4, -0.2) is 42.7 Å². The fourth-order valence-electron chi connectivity index (χ4n) is 2.90. The quantitative estimate of drug-likeness (QED) is 0.864. The van der Waals surface area contributed by atoms with Crippen molar-refractivity contribution in [1.29, 1.82) is 0 Å². The molecule has 4 nitrogen and oxygen atoms in total. The summed E-state index contributed by atoms with van der Waals surface area (Å²) in [5.74, 6) is -0.521. The Labute approximate surface area is 134 Å². The number of rotatable bonds is 4. The third-order valence-corrected chi connectivity index (χ3v) is 4.00. The molecule has 0 saturated carbocycles. The molecule has 1 heterocycles. The van der Waals surface area contributed by atoms with E-state index in [9.17, 15) is 18.0 Å². The van der Waals surface area contributed by atoms with Gasteiger partial charge in [0.2, 0.25) is 5.91 Å². The van der Waals surface area contributed by atoms with E-state index in [2.05, 4.69) is 0 Å². The topological polar surface area (TPSA) is 49.6 Å². The highest BCUT2D eigenvalue weighted by molar-refractivity contribution is 5.83. The zero-order chi connectivity index (χ0) is 17.2. The average Bonchev–Trinajstić information content (AvgIpc) is 2.44. The van der Waals surface area contributed by atoms with Crippen LogP contribution >= 0.6 is 0 Å². The molecule has 1 amide bonds. The minimum absolute atomic E-state index is 0.0648. The number of carbonyl (C=O) groups is 1. The molecule has 2 N–H and O–H groups in total. The van der Waals surface area contributed by atoms with Gasteiger partial charge in [-0.25, -0.2) is 0 Å². The Morgan fingerprint density at radius 1 is 1.39 bits per heavy atom. The molecular formula is C16H22F3N3O. The van der Waals surface area contributed by atoms with E-state index in [0.717, 1.165) is 29.0 Å². The van der Waals surface area contributed by atoms with Gasteiger partial charge in [-0.2, -0.15) is 13.2 Å². The Hall–Kier alpha value is -1.92. The second kappa shape index (κ2) is 6.68. The Kier molecular flexibility index (Phi) is 5.06. The maximum atomic E-state index is 12.7. The van der Waals surface area contributed by atoms with Gasteiger partial charge in [0.15, 0.2) is 0 Å². The highest BCUT2D eigenvalue weighted by Gasteiger charge is 2.35. The first-order valence-corrected chi connectivity index (χ1v) is 7.67. The number of nitrogens with zero attached hydrogens (tertiary/aromatic N) is 2. The number of benzene rings is 1. The lowest BCUT2D eigenvalue weighted by Crippen LogP contribution is -2.48. The van der Waals surface area contributed by atoms with Gasteiger partial charge in [-0.3, -0.25) is 4.79 Å². The number of hydrogen-bond donors (Lipinski definition) is 1. The first-order valence-electron chi connectivity index (χ1n) is 7.67. The van der Waals surface area contributed by atoms with Crippen LogP contribution in [0, 0.1) is 0 Å². The van der Waals surface area contributed by atoms with Gasteiger partial charge in [0, 0.05) is 24.0 Å². The molecule has 0 atom stereocenters. The number of hydrogen-bond acceptors (Lipinski definition) is 3. The van der Waals surface area contributed by atoms with E-state index < -0.39 is 24.7 Å². The zero-order valence-electron chi connectivity index (χ0n) is 13.4. The van der Waals surface area contributed by atoms with Crippen molar-refractivity contribution >= 4 is 17.3 Å². The summed E-state index contributed by atoms with van der Waals surface area (Å²) in [6, 6.07) is 4.96. The van der Waals surface area contributed by atoms with Crippen LogP contribution < -0.4 is 10.6 Å². The molecule has 0 aromatic heterocycles. The third-order valence-electron chi connectivity index (χ3n) is 4.00. The Balaban J connectivity index is 2.16. The van der Waals surface area contributed by atoms with E-state index in [0.29, 0.717) is 12.2 Å². The molecule has 0 radical (unpaired) electrons. The van der Waals surface area contributed by atoms with Crippen LogP contribution in [-0.2, 0) is 11.2 Å². The smallest absolute Gasteiger partial charge is 0.398 e. The van der Waals surface area contributed by atoms with Crippen molar-refractivity contribution < 1.29 is 18.0 Å². The van der Waals surface area contributed by atoms with Gasteiger partial charge in [0.25, 0.3) is 0 Å². The van der Waals surface area contributed by atoms with Crippen LogP contribution in [0.3, 0.4) is 0 Å². The van der Waals surface area contributed by atoms with Crippen LogP contribution in [0.15, 0.2) is 18.2 Å². The number of nitrogens with two attached hydrogens (primary N) is 1. The minimum atomic E-state index is -4.40. The summed E-state index contributed by atoms with van der Waals surface area (Å²) in [6.45, 7) is 2.53. The Morgan fingerprint density at radius 2 is 2.09 bits per heavy atom. The standard InChI is InChI=1S/C16H22F3N3O/c1-11(2)22(10-16(17,18)19)15(23)9-21-8-4-5-12-13(20)6-3-7-14(12)21/h3,6-7,11H,4-5,8-10,20H2,1-2H3. The van der Waals surface area contributed by atoms with Crippen molar-refractivity contribution in [2.24, 2.45) is 0 Å². The summed E-state index contributed by atoms with van der Waals surface area (Å²) in [7, 11) is 0. The van der Waals surface area contributed by atoms with Crippen molar-refractivity contribution in [3.05, 3.63) is 23.8 Å². The Bertz CT molecular complexity index is 572. The maximum absolute atomic E-state index is 12.7. The van der Waals surface area contributed by atoms with Crippen LogP contribution in [0.5, 0.6) is 0 Å². The fourth-order valence-corrected chi connectivity index (χ4v) is 2.90. The van der Waals surface area contributed by atoms with E-state index >= 15 is 0 Å². The van der Waals surface area contributed by atoms with Crippen LogP contribution in [0.2, 0.25) is 0 Å². The van der Waals surface area contributed by atoms with Crippen molar-refractivity contribution in [1.82, 2.24) is 4.90 Å². The lowest BCUT2D eigenvalue weighted by atomic mass is 10.00. The predicted octanol–water partition coefficient (Wildman–Crippen LogP) is 2.82. The van der Waals surface area contributed by atoms with Gasteiger partial charge in [-0.05, 0) is 44.4 Å². The monoisotopic (exact) mass is 329 g/mol. The van der Waals surface area contributed by atoms with Gasteiger partial charge in [0.1, 0.15) is 6.54 Å². The van der Waals surface area contributed by atoms with E-state index in [1.54, 1.807) is 26.0 Å². The molecule has 0 spiro atoms. The first-order chi connectivity index (χ1) is 10.7. The highest BCUT2D eigenvalue weighted by atomic mass is 19.4. The van der Waals surface area contributed by atoms with Crippen molar-refractivity contribution in [3.8, 4) is 0 Å². The van der Waals surface area contributed by atoms with Gasteiger partial charge in [0.05, 0.1) is 6.54 Å². The van der Waals surface area contributed by atoms with Gasteiger partial charge in [-0.15, -0.1) is 0 Å². The van der Waals surface area contributed by atoms with E-state index in [-0.39, 0.29) is 6.54 Å². The number of anilines is 2. The predicted molar refractivity (Wildman–Crippen MR) is 84.3 cm³/mol. The minimum Gasteiger partial charge on any atom is -0.398 e. The summed E-state index contributed by atoms with van der Waals surface area (Å²) in [6.07, 6.45) is -2.75. The van der Waals surface area contributed by atoms with E-state index in [1.165, 1.54) is 0 Å². The number of nitrogen functional groups attached to an aromatic ring is 1. The molecular weight excluding hydrogens is 307 g/mol. The molecule has 7 heteroatoms. The molecule has 1 aromatic carbocycles. The number of halogens is 3. The van der Waals surface area contributed by atoms with Gasteiger partial charge >= 0.3 is 6.18 Å². The normalized spacial score (nSPS) is 14.8. The zero-order valence-corrected chi connectivity index (χ0v) is 13.4. The van der Waals surface area contributed by atoms with Crippen LogP contribution in [0.4, 0.5) is 24.5 Å². The largest absolute Gasteiger partial charge is 0.406 e. The first kappa shape index (κ1) is 17.4. The molecule has 23 heavy (non-hydrogen) atoms. The molecule has 1 aliphatic rings. The molecule has 0 saturated heterocycles. The van der Waals surface area contributed by atoms with E-state index in [1.807, 2.05) is 11.0 Å². The molecule has 1 aliphatic heterocycles. The molecule has 0 unspecified atom stereocenters.